The fourth-order valence-corrected chi connectivity index (χ4v) is 2.66. The van der Waals surface area contributed by atoms with Crippen molar-refractivity contribution in [1.82, 2.24) is 5.32 Å². The van der Waals surface area contributed by atoms with E-state index >= 15 is 0 Å². The molecule has 1 aromatic carbocycles. The van der Waals surface area contributed by atoms with Gasteiger partial charge in [-0.2, -0.15) is 5.26 Å². The number of nitriles is 1. The van der Waals surface area contributed by atoms with Gasteiger partial charge in [-0.25, -0.2) is 0 Å². The van der Waals surface area contributed by atoms with Crippen molar-refractivity contribution in [2.24, 2.45) is 0 Å². The molecule has 1 N–H and O–H groups in total. The Labute approximate surface area is 120 Å². The SMILES string of the molecule is N#CC1(NC(=O)c2cccc(Cl)c2[N+](=O)[O-])CCCC1. The van der Waals surface area contributed by atoms with Crippen molar-refractivity contribution in [3.05, 3.63) is 38.9 Å². The Hall–Kier alpha value is -2.13. The zero-order chi connectivity index (χ0) is 14.8. The molecule has 0 saturated heterocycles. The minimum absolute atomic E-state index is 0.0971. The first-order valence-electron chi connectivity index (χ1n) is 6.16. The van der Waals surface area contributed by atoms with Gasteiger partial charge in [-0.05, 0) is 37.8 Å². The van der Waals surface area contributed by atoms with Gasteiger partial charge < -0.3 is 5.32 Å². The lowest BCUT2D eigenvalue weighted by Gasteiger charge is -2.21. The van der Waals surface area contributed by atoms with Crippen molar-refractivity contribution in [2.45, 2.75) is 31.2 Å². The van der Waals surface area contributed by atoms with Crippen molar-refractivity contribution in [1.29, 1.82) is 5.26 Å². The highest BCUT2D eigenvalue weighted by atomic mass is 35.5. The molecule has 1 saturated carbocycles. The molecule has 1 fully saturated rings. The second-order valence-corrected chi connectivity index (χ2v) is 5.16. The first-order valence-corrected chi connectivity index (χ1v) is 6.53. The molecule has 1 aliphatic rings. The lowest BCUT2D eigenvalue weighted by Crippen LogP contribution is -2.45. The Balaban J connectivity index is 2.33. The second kappa shape index (κ2) is 5.47. The number of nitrogens with one attached hydrogen (secondary N) is 1. The van der Waals surface area contributed by atoms with Crippen LogP contribution in [0.5, 0.6) is 0 Å². The van der Waals surface area contributed by atoms with E-state index in [0.29, 0.717) is 12.8 Å². The third-order valence-corrected chi connectivity index (χ3v) is 3.74. The summed E-state index contributed by atoms with van der Waals surface area (Å²) in [5.41, 5.74) is -1.48. The number of rotatable bonds is 3. The van der Waals surface area contributed by atoms with Crippen LogP contribution in [0.4, 0.5) is 5.69 Å². The van der Waals surface area contributed by atoms with Gasteiger partial charge in [-0.1, -0.05) is 17.7 Å². The third kappa shape index (κ3) is 2.58. The second-order valence-electron chi connectivity index (χ2n) is 4.75. The average molecular weight is 294 g/mol. The maximum Gasteiger partial charge on any atom is 0.300 e. The molecule has 0 aliphatic heterocycles. The standard InChI is InChI=1S/C13H12ClN3O3/c14-10-5-3-4-9(11(10)17(19)20)12(18)16-13(8-15)6-1-2-7-13/h3-5H,1-2,6-7H2,(H,16,18). The topological polar surface area (TPSA) is 96.0 Å². The summed E-state index contributed by atoms with van der Waals surface area (Å²) < 4.78 is 0. The quantitative estimate of drug-likeness (QED) is 0.684. The van der Waals surface area contributed by atoms with Gasteiger partial charge in [0, 0.05) is 0 Å². The van der Waals surface area contributed by atoms with Crippen LogP contribution in [0.1, 0.15) is 36.0 Å². The smallest absolute Gasteiger partial charge is 0.300 e. The Bertz CT molecular complexity index is 603. The van der Waals surface area contributed by atoms with Crippen LogP contribution in [0.2, 0.25) is 5.02 Å². The summed E-state index contributed by atoms with van der Waals surface area (Å²) in [5, 5.41) is 22.8. The summed E-state index contributed by atoms with van der Waals surface area (Å²) in [4.78, 5) is 22.5. The number of nitro benzene ring substituents is 1. The predicted molar refractivity (Wildman–Crippen MR) is 72.4 cm³/mol. The molecule has 1 amide bonds. The number of benzene rings is 1. The van der Waals surface area contributed by atoms with Crippen molar-refractivity contribution >= 4 is 23.2 Å². The monoisotopic (exact) mass is 293 g/mol. The molecule has 0 spiro atoms. The summed E-state index contributed by atoms with van der Waals surface area (Å²) in [7, 11) is 0. The van der Waals surface area contributed by atoms with Gasteiger partial charge in [0.2, 0.25) is 0 Å². The summed E-state index contributed by atoms with van der Waals surface area (Å²) >= 11 is 5.77. The maximum absolute atomic E-state index is 12.2. The van der Waals surface area contributed by atoms with Crippen LogP contribution in [0.25, 0.3) is 0 Å². The lowest BCUT2D eigenvalue weighted by atomic mass is 9.99. The normalized spacial score (nSPS) is 16.4. The molecule has 1 aliphatic carbocycles. The Morgan fingerprint density at radius 2 is 2.10 bits per heavy atom. The van der Waals surface area contributed by atoms with Crippen LogP contribution in [0.15, 0.2) is 18.2 Å². The molecule has 1 aromatic rings. The minimum atomic E-state index is -0.923. The van der Waals surface area contributed by atoms with Crippen molar-refractivity contribution in [3.8, 4) is 6.07 Å². The minimum Gasteiger partial charge on any atom is -0.333 e. The molecule has 2 rings (SSSR count). The number of halogens is 1. The number of hydrogen-bond donors (Lipinski definition) is 1. The molecule has 104 valence electrons. The summed E-state index contributed by atoms with van der Waals surface area (Å²) in [5.74, 6) is -0.636. The first-order chi connectivity index (χ1) is 9.49. The third-order valence-electron chi connectivity index (χ3n) is 3.44. The van der Waals surface area contributed by atoms with Crippen LogP contribution < -0.4 is 5.32 Å². The molecule has 6 nitrogen and oxygen atoms in total. The van der Waals surface area contributed by atoms with Gasteiger partial charge >= 0.3 is 5.69 Å². The fourth-order valence-electron chi connectivity index (χ4n) is 2.41. The number of nitrogens with zero attached hydrogens (tertiary/aromatic N) is 2. The summed E-state index contributed by atoms with van der Waals surface area (Å²) in [6.45, 7) is 0. The number of hydrogen-bond acceptors (Lipinski definition) is 4. The molecule has 0 bridgehead atoms. The number of carbonyl (C=O) groups is 1. The van der Waals surface area contributed by atoms with Crippen molar-refractivity contribution < 1.29 is 9.72 Å². The number of amides is 1. The van der Waals surface area contributed by atoms with Crippen molar-refractivity contribution in [3.63, 3.8) is 0 Å². The number of carbonyl (C=O) groups excluding carboxylic acids is 1. The highest BCUT2D eigenvalue weighted by Crippen LogP contribution is 2.32. The molecule has 0 unspecified atom stereocenters. The van der Waals surface area contributed by atoms with Crippen LogP contribution >= 0.6 is 11.6 Å². The molecule has 7 heteroatoms. The Morgan fingerprint density at radius 3 is 2.65 bits per heavy atom. The van der Waals surface area contributed by atoms with E-state index < -0.39 is 22.1 Å². The van der Waals surface area contributed by atoms with Crippen LogP contribution in [0.3, 0.4) is 0 Å². The van der Waals surface area contributed by atoms with E-state index in [1.165, 1.54) is 18.2 Å². The molecular weight excluding hydrogens is 282 g/mol. The van der Waals surface area contributed by atoms with E-state index in [-0.39, 0.29) is 10.6 Å². The van der Waals surface area contributed by atoms with E-state index in [9.17, 15) is 20.2 Å². The van der Waals surface area contributed by atoms with E-state index in [4.69, 9.17) is 11.6 Å². The van der Waals surface area contributed by atoms with Gasteiger partial charge in [-0.3, -0.25) is 14.9 Å². The first kappa shape index (κ1) is 14.3. The van der Waals surface area contributed by atoms with Gasteiger partial charge in [0.25, 0.3) is 5.91 Å². The highest BCUT2D eigenvalue weighted by Gasteiger charge is 2.37. The van der Waals surface area contributed by atoms with E-state index in [1.54, 1.807) is 0 Å². The largest absolute Gasteiger partial charge is 0.333 e. The maximum atomic E-state index is 12.2. The van der Waals surface area contributed by atoms with E-state index in [2.05, 4.69) is 11.4 Å². The van der Waals surface area contributed by atoms with Gasteiger partial charge in [0.05, 0.1) is 11.0 Å². The molecule has 0 atom stereocenters. The van der Waals surface area contributed by atoms with E-state index in [1.807, 2.05) is 0 Å². The fraction of sp³-hybridized carbons (Fsp3) is 0.385. The van der Waals surface area contributed by atoms with Gasteiger partial charge in [-0.15, -0.1) is 0 Å². The van der Waals surface area contributed by atoms with Crippen LogP contribution in [-0.2, 0) is 0 Å². The molecule has 0 radical (unpaired) electrons. The number of nitro groups is 1. The zero-order valence-electron chi connectivity index (χ0n) is 10.6. The van der Waals surface area contributed by atoms with Crippen LogP contribution in [-0.4, -0.2) is 16.4 Å². The van der Waals surface area contributed by atoms with E-state index in [0.717, 1.165) is 12.8 Å². The highest BCUT2D eigenvalue weighted by molar-refractivity contribution is 6.33. The Morgan fingerprint density at radius 1 is 1.45 bits per heavy atom. The Kier molecular flexibility index (Phi) is 3.91. The molecule has 0 aromatic heterocycles. The average Bonchev–Trinajstić information content (AvgIpc) is 2.87. The van der Waals surface area contributed by atoms with Gasteiger partial charge in [0.15, 0.2) is 0 Å². The zero-order valence-corrected chi connectivity index (χ0v) is 11.3. The summed E-state index contributed by atoms with van der Waals surface area (Å²) in [6.07, 6.45) is 2.82. The predicted octanol–water partition coefficient (Wildman–Crippen LogP) is 2.81. The summed E-state index contributed by atoms with van der Waals surface area (Å²) in [6, 6.07) is 6.26. The molecule has 0 heterocycles. The molecular formula is C13H12ClN3O3. The van der Waals surface area contributed by atoms with Crippen LogP contribution in [0, 0.1) is 21.4 Å². The lowest BCUT2D eigenvalue weighted by molar-refractivity contribution is -0.385. The van der Waals surface area contributed by atoms with Gasteiger partial charge in [0.1, 0.15) is 16.1 Å². The van der Waals surface area contributed by atoms with Crippen molar-refractivity contribution in [2.75, 3.05) is 0 Å². The molecule has 20 heavy (non-hydrogen) atoms. The number of para-hydroxylation sites is 1.